The van der Waals surface area contributed by atoms with Crippen molar-refractivity contribution < 1.29 is 0 Å². The lowest BCUT2D eigenvalue weighted by atomic mass is 10.2. The van der Waals surface area contributed by atoms with Gasteiger partial charge in [-0.1, -0.05) is 6.92 Å². The number of rotatable bonds is 5. The van der Waals surface area contributed by atoms with Gasteiger partial charge in [-0.3, -0.25) is 10.00 Å². The van der Waals surface area contributed by atoms with Crippen molar-refractivity contribution in [1.82, 2.24) is 25.1 Å². The molecule has 0 amide bonds. The molecule has 2 aromatic rings. The van der Waals surface area contributed by atoms with Gasteiger partial charge in [0.15, 0.2) is 0 Å². The Morgan fingerprint density at radius 3 is 3.05 bits per heavy atom. The van der Waals surface area contributed by atoms with Crippen molar-refractivity contribution in [2.24, 2.45) is 0 Å². The van der Waals surface area contributed by atoms with E-state index in [-0.39, 0.29) is 0 Å². The van der Waals surface area contributed by atoms with Crippen molar-refractivity contribution >= 4 is 0 Å². The number of hydrogen-bond donors (Lipinski definition) is 1. The molecule has 5 heteroatoms. The first-order chi connectivity index (χ1) is 9.76. The summed E-state index contributed by atoms with van der Waals surface area (Å²) in [5.41, 5.74) is 5.05. The average Bonchev–Trinajstić information content (AvgIpc) is 3.04. The van der Waals surface area contributed by atoms with E-state index in [9.17, 15) is 0 Å². The van der Waals surface area contributed by atoms with Crippen LogP contribution in [0.4, 0.5) is 0 Å². The second kappa shape index (κ2) is 5.71. The number of aromatic amines is 1. The molecule has 2 heterocycles. The molecule has 0 saturated heterocycles. The summed E-state index contributed by atoms with van der Waals surface area (Å²) in [6.45, 7) is 3.78. The third-order valence-corrected chi connectivity index (χ3v) is 3.82. The van der Waals surface area contributed by atoms with Crippen molar-refractivity contribution in [3.8, 4) is 0 Å². The Kier molecular flexibility index (Phi) is 3.78. The summed E-state index contributed by atoms with van der Waals surface area (Å²) in [5.74, 6) is 0.913. The van der Waals surface area contributed by atoms with Gasteiger partial charge < -0.3 is 0 Å². The maximum Gasteiger partial charge on any atom is 0.128 e. The lowest BCUT2D eigenvalue weighted by Crippen LogP contribution is -2.19. The van der Waals surface area contributed by atoms with E-state index in [0.717, 1.165) is 37.4 Å². The molecule has 0 aromatic carbocycles. The van der Waals surface area contributed by atoms with Gasteiger partial charge in [0.05, 0.1) is 11.4 Å². The summed E-state index contributed by atoms with van der Waals surface area (Å²) < 4.78 is 0. The van der Waals surface area contributed by atoms with Crippen LogP contribution in [-0.2, 0) is 32.4 Å². The zero-order chi connectivity index (χ0) is 13.9. The van der Waals surface area contributed by atoms with Crippen molar-refractivity contribution in [2.45, 2.75) is 45.7 Å². The number of hydrogen-bond acceptors (Lipinski definition) is 4. The van der Waals surface area contributed by atoms with E-state index in [2.05, 4.69) is 39.0 Å². The zero-order valence-corrected chi connectivity index (χ0v) is 12.2. The van der Waals surface area contributed by atoms with Gasteiger partial charge in [-0.2, -0.15) is 5.10 Å². The highest BCUT2D eigenvalue weighted by Crippen LogP contribution is 2.23. The quantitative estimate of drug-likeness (QED) is 0.902. The minimum absolute atomic E-state index is 0.831. The Balaban J connectivity index is 1.65. The van der Waals surface area contributed by atoms with Gasteiger partial charge >= 0.3 is 0 Å². The molecule has 1 aliphatic carbocycles. The number of aryl methyl sites for hydroxylation is 2. The minimum Gasteiger partial charge on any atom is -0.295 e. The molecule has 0 bridgehead atoms. The summed E-state index contributed by atoms with van der Waals surface area (Å²) in [7, 11) is 2.11. The summed E-state index contributed by atoms with van der Waals surface area (Å²) >= 11 is 0. The number of fused-ring (bicyclic) bond motifs is 1. The van der Waals surface area contributed by atoms with Gasteiger partial charge in [0, 0.05) is 31.4 Å². The predicted molar refractivity (Wildman–Crippen MR) is 77.2 cm³/mol. The molecular formula is C15H21N5. The van der Waals surface area contributed by atoms with Crippen molar-refractivity contribution in [2.75, 3.05) is 7.05 Å². The van der Waals surface area contributed by atoms with E-state index >= 15 is 0 Å². The molecule has 0 radical (unpaired) electrons. The highest BCUT2D eigenvalue weighted by atomic mass is 15.2. The van der Waals surface area contributed by atoms with Crippen LogP contribution in [0.3, 0.4) is 0 Å². The first kappa shape index (κ1) is 13.2. The molecule has 3 rings (SSSR count). The molecule has 5 nitrogen and oxygen atoms in total. The first-order valence-electron chi connectivity index (χ1n) is 7.30. The molecule has 1 aliphatic rings. The summed E-state index contributed by atoms with van der Waals surface area (Å²) in [5, 5.41) is 7.63. The van der Waals surface area contributed by atoms with Crippen LogP contribution in [0, 0.1) is 0 Å². The highest BCUT2D eigenvalue weighted by Gasteiger charge is 2.19. The van der Waals surface area contributed by atoms with E-state index in [1.165, 1.54) is 29.8 Å². The largest absolute Gasteiger partial charge is 0.295 e. The van der Waals surface area contributed by atoms with Crippen LogP contribution in [0.25, 0.3) is 0 Å². The third-order valence-electron chi connectivity index (χ3n) is 3.82. The lowest BCUT2D eigenvalue weighted by molar-refractivity contribution is 0.309. The number of nitrogens with zero attached hydrogens (tertiary/aromatic N) is 4. The Labute approximate surface area is 119 Å². The SMILES string of the molecule is CCc1nccc(CN(C)Cc2n[nH]c3c2CCC3)n1. The molecule has 0 aliphatic heterocycles. The topological polar surface area (TPSA) is 57.7 Å². The van der Waals surface area contributed by atoms with Gasteiger partial charge in [0.25, 0.3) is 0 Å². The first-order valence-corrected chi connectivity index (χ1v) is 7.30. The molecule has 20 heavy (non-hydrogen) atoms. The van der Waals surface area contributed by atoms with Crippen LogP contribution in [0.2, 0.25) is 0 Å². The smallest absolute Gasteiger partial charge is 0.128 e. The minimum atomic E-state index is 0.831. The van der Waals surface area contributed by atoms with E-state index in [1.807, 2.05) is 12.3 Å². The number of H-pyrrole nitrogens is 1. The van der Waals surface area contributed by atoms with Gasteiger partial charge in [0.2, 0.25) is 0 Å². The average molecular weight is 271 g/mol. The van der Waals surface area contributed by atoms with Crippen LogP contribution in [0.15, 0.2) is 12.3 Å². The van der Waals surface area contributed by atoms with Crippen LogP contribution in [0.1, 0.15) is 41.8 Å². The van der Waals surface area contributed by atoms with E-state index in [0.29, 0.717) is 0 Å². The van der Waals surface area contributed by atoms with Crippen LogP contribution in [0.5, 0.6) is 0 Å². The van der Waals surface area contributed by atoms with Gasteiger partial charge in [-0.25, -0.2) is 9.97 Å². The molecule has 0 spiro atoms. The maximum atomic E-state index is 4.55. The fourth-order valence-electron chi connectivity index (χ4n) is 2.81. The lowest BCUT2D eigenvalue weighted by Gasteiger charge is -2.15. The Hall–Kier alpha value is -1.75. The molecule has 0 fully saturated rings. The van der Waals surface area contributed by atoms with Crippen molar-refractivity contribution in [3.05, 3.63) is 40.7 Å². The van der Waals surface area contributed by atoms with Crippen LogP contribution in [-0.4, -0.2) is 32.1 Å². The predicted octanol–water partition coefficient (Wildman–Crippen LogP) is 1.88. The third kappa shape index (κ3) is 2.72. The van der Waals surface area contributed by atoms with E-state index < -0.39 is 0 Å². The Morgan fingerprint density at radius 2 is 2.20 bits per heavy atom. The van der Waals surface area contributed by atoms with Gasteiger partial charge in [0.1, 0.15) is 5.82 Å². The monoisotopic (exact) mass is 271 g/mol. The van der Waals surface area contributed by atoms with E-state index in [4.69, 9.17) is 0 Å². The fraction of sp³-hybridized carbons (Fsp3) is 0.533. The van der Waals surface area contributed by atoms with Crippen molar-refractivity contribution in [3.63, 3.8) is 0 Å². The fourth-order valence-corrected chi connectivity index (χ4v) is 2.81. The second-order valence-corrected chi connectivity index (χ2v) is 5.47. The zero-order valence-electron chi connectivity index (χ0n) is 12.2. The molecule has 0 saturated carbocycles. The summed E-state index contributed by atoms with van der Waals surface area (Å²) in [4.78, 5) is 11.1. The summed E-state index contributed by atoms with van der Waals surface area (Å²) in [6, 6.07) is 1.99. The molecule has 1 N–H and O–H groups in total. The highest BCUT2D eigenvalue weighted by molar-refractivity contribution is 5.29. The Morgan fingerprint density at radius 1 is 1.30 bits per heavy atom. The van der Waals surface area contributed by atoms with Crippen LogP contribution >= 0.6 is 0 Å². The number of nitrogens with one attached hydrogen (secondary N) is 1. The Bertz CT molecular complexity index is 590. The van der Waals surface area contributed by atoms with Crippen LogP contribution < -0.4 is 0 Å². The second-order valence-electron chi connectivity index (χ2n) is 5.47. The molecule has 0 unspecified atom stereocenters. The molecular weight excluding hydrogens is 250 g/mol. The summed E-state index contributed by atoms with van der Waals surface area (Å²) in [6.07, 6.45) is 6.30. The molecule has 0 atom stereocenters. The molecule has 2 aromatic heterocycles. The maximum absolute atomic E-state index is 4.55. The van der Waals surface area contributed by atoms with Gasteiger partial charge in [-0.05, 0) is 37.9 Å². The van der Waals surface area contributed by atoms with E-state index in [1.54, 1.807) is 0 Å². The van der Waals surface area contributed by atoms with Crippen molar-refractivity contribution in [1.29, 1.82) is 0 Å². The normalized spacial score (nSPS) is 13.9. The molecule has 106 valence electrons. The number of aromatic nitrogens is 4. The van der Waals surface area contributed by atoms with Gasteiger partial charge in [-0.15, -0.1) is 0 Å². The standard InChI is InChI=1S/C15H21N5/c1-3-15-16-8-7-11(17-15)9-20(2)10-14-12-5-4-6-13(12)18-19-14/h7-8H,3-6,9-10H2,1-2H3,(H,18,19).